The van der Waals surface area contributed by atoms with Crippen LogP contribution in [0, 0.1) is 11.6 Å². The fourth-order valence-corrected chi connectivity index (χ4v) is 4.63. The quantitative estimate of drug-likeness (QED) is 0.637. The van der Waals surface area contributed by atoms with E-state index in [-0.39, 0.29) is 24.3 Å². The summed E-state index contributed by atoms with van der Waals surface area (Å²) >= 11 is 0. The fraction of sp³-hybridized carbons (Fsp3) is 0.417. The van der Waals surface area contributed by atoms with Crippen LogP contribution in [-0.4, -0.2) is 35.1 Å². The van der Waals surface area contributed by atoms with E-state index in [2.05, 4.69) is 5.32 Å². The third kappa shape index (κ3) is 4.77. The van der Waals surface area contributed by atoms with Crippen LogP contribution in [0.1, 0.15) is 53.6 Å². The molecule has 1 aliphatic carbocycles. The lowest BCUT2D eigenvalue weighted by Crippen LogP contribution is -2.56. The van der Waals surface area contributed by atoms with Crippen molar-refractivity contribution < 1.29 is 36.3 Å². The number of carbonyl (C=O) groups excluding carboxylic acids is 2. The summed E-state index contributed by atoms with van der Waals surface area (Å²) in [6, 6.07) is 6.03. The zero-order valence-electron chi connectivity index (χ0n) is 18.1. The van der Waals surface area contributed by atoms with Crippen molar-refractivity contribution in [1.82, 2.24) is 10.2 Å². The number of amides is 2. The summed E-state index contributed by atoms with van der Waals surface area (Å²) in [6.07, 6.45) is -1.19. The molecule has 0 radical (unpaired) electrons. The summed E-state index contributed by atoms with van der Waals surface area (Å²) in [7, 11) is 0. The summed E-state index contributed by atoms with van der Waals surface area (Å²) in [5.41, 5.74) is -2.08. The second-order valence-electron chi connectivity index (χ2n) is 8.55. The molecule has 1 aliphatic heterocycles. The van der Waals surface area contributed by atoms with Gasteiger partial charge < -0.3 is 10.1 Å². The molecule has 2 aliphatic rings. The van der Waals surface area contributed by atoms with E-state index in [4.69, 9.17) is 4.74 Å². The molecule has 1 saturated carbocycles. The molecule has 2 amide bonds. The Morgan fingerprint density at radius 2 is 1.79 bits per heavy atom. The van der Waals surface area contributed by atoms with E-state index in [1.54, 1.807) is 0 Å². The van der Waals surface area contributed by atoms with Crippen LogP contribution in [0.15, 0.2) is 42.5 Å². The van der Waals surface area contributed by atoms with Gasteiger partial charge in [0.15, 0.2) is 0 Å². The van der Waals surface area contributed by atoms with Crippen molar-refractivity contribution >= 4 is 11.8 Å². The minimum absolute atomic E-state index is 0.136. The standard InChI is InChI=1S/C24H23F5N2O3/c25-17-7-8-18(19(26)12-17)22(33)31-20(14-34-23(31)9-2-1-3-10-23)21(32)30-13-15-5-4-6-16(11-15)24(27,28)29/h4-8,11-12,20H,1-3,9-10,13-14H2,(H,30,32)/t20-/m0/s1. The van der Waals surface area contributed by atoms with E-state index in [1.807, 2.05) is 0 Å². The van der Waals surface area contributed by atoms with Crippen molar-refractivity contribution in [3.05, 3.63) is 70.8 Å². The minimum atomic E-state index is -4.52. The van der Waals surface area contributed by atoms with Crippen LogP contribution in [0.4, 0.5) is 22.0 Å². The van der Waals surface area contributed by atoms with Crippen LogP contribution in [0.2, 0.25) is 0 Å². The first-order valence-electron chi connectivity index (χ1n) is 11.0. The maximum absolute atomic E-state index is 14.4. The van der Waals surface area contributed by atoms with Crippen molar-refractivity contribution in [2.24, 2.45) is 0 Å². The van der Waals surface area contributed by atoms with E-state index in [0.29, 0.717) is 18.9 Å². The van der Waals surface area contributed by atoms with E-state index < -0.39 is 47.0 Å². The number of halogens is 5. The van der Waals surface area contributed by atoms with Gasteiger partial charge in [-0.2, -0.15) is 13.2 Å². The average Bonchev–Trinajstić information content (AvgIpc) is 3.15. The predicted molar refractivity (Wildman–Crippen MR) is 111 cm³/mol. The number of nitrogens with one attached hydrogen (secondary N) is 1. The van der Waals surface area contributed by atoms with Gasteiger partial charge in [0.2, 0.25) is 5.91 Å². The zero-order valence-corrected chi connectivity index (χ0v) is 18.1. The van der Waals surface area contributed by atoms with Crippen LogP contribution in [0.25, 0.3) is 0 Å². The van der Waals surface area contributed by atoms with Crippen LogP contribution in [0.3, 0.4) is 0 Å². The Morgan fingerprint density at radius 1 is 1.06 bits per heavy atom. The Morgan fingerprint density at radius 3 is 2.47 bits per heavy atom. The summed E-state index contributed by atoms with van der Waals surface area (Å²) in [5, 5.41) is 2.57. The third-order valence-corrected chi connectivity index (χ3v) is 6.30. The summed E-state index contributed by atoms with van der Waals surface area (Å²) in [4.78, 5) is 27.7. The number of alkyl halides is 3. The maximum Gasteiger partial charge on any atom is 0.416 e. The molecule has 182 valence electrons. The van der Waals surface area contributed by atoms with Gasteiger partial charge in [0.25, 0.3) is 5.91 Å². The van der Waals surface area contributed by atoms with E-state index in [1.165, 1.54) is 17.0 Å². The third-order valence-electron chi connectivity index (χ3n) is 6.30. The number of carbonyl (C=O) groups is 2. The average molecular weight is 482 g/mol. The number of ether oxygens (including phenoxy) is 1. The van der Waals surface area contributed by atoms with Gasteiger partial charge in [-0.25, -0.2) is 8.78 Å². The normalized spacial score (nSPS) is 19.9. The molecule has 2 fully saturated rings. The molecule has 0 unspecified atom stereocenters. The van der Waals surface area contributed by atoms with Crippen LogP contribution >= 0.6 is 0 Å². The molecule has 1 N–H and O–H groups in total. The molecule has 1 heterocycles. The van der Waals surface area contributed by atoms with Gasteiger partial charge in [0.05, 0.1) is 17.7 Å². The van der Waals surface area contributed by atoms with Crippen LogP contribution in [-0.2, 0) is 22.3 Å². The van der Waals surface area contributed by atoms with Crippen molar-refractivity contribution in [2.75, 3.05) is 6.61 Å². The molecule has 1 atom stereocenters. The number of hydrogen-bond donors (Lipinski definition) is 1. The molecular weight excluding hydrogens is 459 g/mol. The number of hydrogen-bond acceptors (Lipinski definition) is 3. The SMILES string of the molecule is O=C(NCc1cccc(C(F)(F)F)c1)[C@@H]1COC2(CCCCC2)N1C(=O)c1ccc(F)cc1F. The number of rotatable bonds is 4. The molecule has 5 nitrogen and oxygen atoms in total. The summed E-state index contributed by atoms with van der Waals surface area (Å²) < 4.78 is 72.7. The minimum Gasteiger partial charge on any atom is -0.353 e. The highest BCUT2D eigenvalue weighted by Crippen LogP contribution is 2.41. The van der Waals surface area contributed by atoms with E-state index in [0.717, 1.165) is 43.5 Å². The van der Waals surface area contributed by atoms with Crippen molar-refractivity contribution in [3.63, 3.8) is 0 Å². The first kappa shape index (κ1) is 24.1. The molecular formula is C24H23F5N2O3. The molecule has 34 heavy (non-hydrogen) atoms. The van der Waals surface area contributed by atoms with Gasteiger partial charge >= 0.3 is 6.18 Å². The number of benzene rings is 2. The van der Waals surface area contributed by atoms with Crippen molar-refractivity contribution in [3.8, 4) is 0 Å². The second kappa shape index (κ2) is 9.32. The van der Waals surface area contributed by atoms with Gasteiger partial charge in [0, 0.05) is 12.6 Å². The lowest BCUT2D eigenvalue weighted by atomic mass is 9.89. The predicted octanol–water partition coefficient (Wildman–Crippen LogP) is 4.80. The van der Waals surface area contributed by atoms with Crippen molar-refractivity contribution in [1.29, 1.82) is 0 Å². The maximum atomic E-state index is 14.4. The first-order valence-corrected chi connectivity index (χ1v) is 11.0. The largest absolute Gasteiger partial charge is 0.416 e. The molecule has 2 aromatic carbocycles. The topological polar surface area (TPSA) is 58.6 Å². The molecule has 10 heteroatoms. The fourth-order valence-electron chi connectivity index (χ4n) is 4.63. The Balaban J connectivity index is 1.57. The highest BCUT2D eigenvalue weighted by molar-refractivity contribution is 5.98. The lowest BCUT2D eigenvalue weighted by Gasteiger charge is -2.41. The Bertz CT molecular complexity index is 1080. The highest BCUT2D eigenvalue weighted by Gasteiger charge is 2.53. The monoisotopic (exact) mass is 482 g/mol. The summed E-state index contributed by atoms with van der Waals surface area (Å²) in [6.45, 7) is -0.331. The molecule has 2 aromatic rings. The first-order chi connectivity index (χ1) is 16.1. The highest BCUT2D eigenvalue weighted by atomic mass is 19.4. The lowest BCUT2D eigenvalue weighted by molar-refractivity contribution is -0.137. The van der Waals surface area contributed by atoms with Gasteiger partial charge in [-0.15, -0.1) is 0 Å². The molecule has 4 rings (SSSR count). The Kier molecular flexibility index (Phi) is 6.62. The molecule has 1 saturated heterocycles. The smallest absolute Gasteiger partial charge is 0.353 e. The van der Waals surface area contributed by atoms with Gasteiger partial charge in [-0.1, -0.05) is 18.6 Å². The zero-order chi connectivity index (χ0) is 24.5. The van der Waals surface area contributed by atoms with Crippen LogP contribution < -0.4 is 5.32 Å². The van der Waals surface area contributed by atoms with Gasteiger partial charge in [-0.3, -0.25) is 14.5 Å². The molecule has 0 aromatic heterocycles. The van der Waals surface area contributed by atoms with E-state index in [9.17, 15) is 31.5 Å². The Labute approximate surface area is 192 Å². The van der Waals surface area contributed by atoms with Crippen LogP contribution in [0.5, 0.6) is 0 Å². The summed E-state index contributed by atoms with van der Waals surface area (Å²) in [5.74, 6) is -3.31. The molecule has 0 bridgehead atoms. The second-order valence-corrected chi connectivity index (χ2v) is 8.55. The van der Waals surface area contributed by atoms with Crippen molar-refractivity contribution in [2.45, 2.75) is 56.6 Å². The molecule has 1 spiro atoms. The van der Waals surface area contributed by atoms with E-state index >= 15 is 0 Å². The van der Waals surface area contributed by atoms with Gasteiger partial charge in [0.1, 0.15) is 23.4 Å². The number of nitrogens with zero attached hydrogens (tertiary/aromatic N) is 1. The van der Waals surface area contributed by atoms with Gasteiger partial charge in [-0.05, 0) is 55.5 Å². The Hall–Kier alpha value is -3.01.